The molecule has 8 rings (SSSR count). The number of rotatable bonds is 3. The first-order valence-electron chi connectivity index (χ1n) is 14.4. The third kappa shape index (κ3) is 3.61. The quantitative estimate of drug-likeness (QED) is 0.223. The second-order valence-corrected chi connectivity index (χ2v) is 11.9. The number of aromatic nitrogens is 4. The molecule has 0 fully saturated rings. The molecule has 0 amide bonds. The molecular formula is C38H30N4. The molecule has 202 valence electrons. The molecule has 0 atom stereocenters. The molecule has 0 bridgehead atoms. The zero-order valence-electron chi connectivity index (χ0n) is 23.9. The first-order valence-corrected chi connectivity index (χ1v) is 14.4. The number of hydrogen-bond acceptors (Lipinski definition) is 2. The standard InChI is InChI=1S/C38H30N4/c1-38(2,3)35-33-28-18-7-9-21-31(28)41(26-15-5-4-6-16-26)36(33)40-37-34(35)29-19-8-10-22-32(29)42(37)27-17-13-14-25(24-27)30-20-11-12-23-39-30/h4-24H,1-3H3. The molecule has 0 aliphatic heterocycles. The van der Waals surface area contributed by atoms with E-state index in [1.165, 1.54) is 27.1 Å². The monoisotopic (exact) mass is 542 g/mol. The highest BCUT2D eigenvalue weighted by Gasteiger charge is 2.29. The van der Waals surface area contributed by atoms with Gasteiger partial charge in [-0.25, -0.2) is 4.98 Å². The van der Waals surface area contributed by atoms with Crippen LogP contribution in [0.4, 0.5) is 0 Å². The Morgan fingerprint density at radius 1 is 0.548 bits per heavy atom. The number of para-hydroxylation sites is 3. The molecule has 4 heterocycles. The van der Waals surface area contributed by atoms with Crippen LogP contribution >= 0.6 is 0 Å². The molecule has 0 saturated carbocycles. The second-order valence-electron chi connectivity index (χ2n) is 11.9. The van der Waals surface area contributed by atoms with Gasteiger partial charge in [0, 0.05) is 44.7 Å². The molecule has 0 aliphatic carbocycles. The van der Waals surface area contributed by atoms with Crippen molar-refractivity contribution in [2.45, 2.75) is 26.2 Å². The van der Waals surface area contributed by atoms with E-state index in [9.17, 15) is 0 Å². The Hall–Kier alpha value is -5.22. The average Bonchev–Trinajstić information content (AvgIpc) is 3.53. The lowest BCUT2D eigenvalue weighted by Crippen LogP contribution is -2.13. The number of hydrogen-bond donors (Lipinski definition) is 0. The number of pyridine rings is 2. The van der Waals surface area contributed by atoms with E-state index in [4.69, 9.17) is 4.98 Å². The van der Waals surface area contributed by atoms with Crippen LogP contribution < -0.4 is 0 Å². The summed E-state index contributed by atoms with van der Waals surface area (Å²) in [6.07, 6.45) is 1.85. The van der Waals surface area contributed by atoms with Gasteiger partial charge in [0.2, 0.25) is 0 Å². The predicted octanol–water partition coefficient (Wildman–Crippen LogP) is 9.64. The summed E-state index contributed by atoms with van der Waals surface area (Å²) in [7, 11) is 0. The van der Waals surface area contributed by atoms with Gasteiger partial charge in [-0.05, 0) is 59.5 Å². The lowest BCUT2D eigenvalue weighted by molar-refractivity contribution is 0.601. The summed E-state index contributed by atoms with van der Waals surface area (Å²) < 4.78 is 4.66. The minimum atomic E-state index is -0.143. The summed E-state index contributed by atoms with van der Waals surface area (Å²) in [4.78, 5) is 10.2. The first kappa shape index (κ1) is 24.6. The molecule has 4 aromatic heterocycles. The van der Waals surface area contributed by atoms with Gasteiger partial charge in [0.25, 0.3) is 0 Å². The predicted molar refractivity (Wildman–Crippen MR) is 175 cm³/mol. The fraction of sp³-hybridized carbons (Fsp3) is 0.105. The van der Waals surface area contributed by atoms with E-state index in [1.807, 2.05) is 18.3 Å². The molecule has 0 N–H and O–H groups in total. The lowest BCUT2D eigenvalue weighted by atomic mass is 9.82. The van der Waals surface area contributed by atoms with Crippen molar-refractivity contribution in [2.24, 2.45) is 0 Å². The Kier molecular flexibility index (Phi) is 5.35. The van der Waals surface area contributed by atoms with Gasteiger partial charge in [0.05, 0.1) is 16.7 Å². The topological polar surface area (TPSA) is 35.6 Å². The van der Waals surface area contributed by atoms with Crippen LogP contribution in [-0.2, 0) is 5.41 Å². The largest absolute Gasteiger partial charge is 0.294 e. The van der Waals surface area contributed by atoms with Crippen LogP contribution in [0.2, 0.25) is 0 Å². The molecular weight excluding hydrogens is 512 g/mol. The number of benzene rings is 4. The summed E-state index contributed by atoms with van der Waals surface area (Å²) in [6, 6.07) is 42.7. The first-order chi connectivity index (χ1) is 20.5. The van der Waals surface area contributed by atoms with Crippen molar-refractivity contribution >= 4 is 43.9 Å². The highest BCUT2D eigenvalue weighted by molar-refractivity contribution is 6.20. The van der Waals surface area contributed by atoms with E-state index in [-0.39, 0.29) is 5.41 Å². The van der Waals surface area contributed by atoms with Crippen LogP contribution in [0.5, 0.6) is 0 Å². The van der Waals surface area contributed by atoms with Gasteiger partial charge in [0.1, 0.15) is 11.3 Å². The van der Waals surface area contributed by atoms with E-state index < -0.39 is 0 Å². The summed E-state index contributed by atoms with van der Waals surface area (Å²) in [5.41, 5.74) is 9.64. The second kappa shape index (κ2) is 9.15. The Morgan fingerprint density at radius 2 is 1.12 bits per heavy atom. The van der Waals surface area contributed by atoms with Crippen LogP contribution in [0.1, 0.15) is 26.3 Å². The van der Waals surface area contributed by atoms with E-state index in [0.29, 0.717) is 0 Å². The molecule has 0 aliphatic rings. The van der Waals surface area contributed by atoms with Gasteiger partial charge < -0.3 is 0 Å². The van der Waals surface area contributed by atoms with Crippen molar-refractivity contribution in [1.82, 2.24) is 19.1 Å². The molecule has 4 heteroatoms. The van der Waals surface area contributed by atoms with E-state index in [2.05, 4.69) is 144 Å². The van der Waals surface area contributed by atoms with Crippen LogP contribution in [-0.4, -0.2) is 19.1 Å². The van der Waals surface area contributed by atoms with Gasteiger partial charge in [-0.15, -0.1) is 0 Å². The molecule has 0 radical (unpaired) electrons. The van der Waals surface area contributed by atoms with Gasteiger partial charge >= 0.3 is 0 Å². The minimum Gasteiger partial charge on any atom is -0.294 e. The zero-order chi connectivity index (χ0) is 28.4. The van der Waals surface area contributed by atoms with Crippen LogP contribution in [0.3, 0.4) is 0 Å². The summed E-state index contributed by atoms with van der Waals surface area (Å²) in [5.74, 6) is 0. The van der Waals surface area contributed by atoms with Gasteiger partial charge in [-0.3, -0.25) is 14.1 Å². The van der Waals surface area contributed by atoms with E-state index in [1.54, 1.807) is 0 Å². The normalized spacial score (nSPS) is 12.2. The average molecular weight is 543 g/mol. The molecule has 0 spiro atoms. The van der Waals surface area contributed by atoms with Crippen molar-refractivity contribution in [2.75, 3.05) is 0 Å². The van der Waals surface area contributed by atoms with Crippen molar-refractivity contribution in [1.29, 1.82) is 0 Å². The lowest BCUT2D eigenvalue weighted by Gasteiger charge is -2.22. The molecule has 0 unspecified atom stereocenters. The van der Waals surface area contributed by atoms with Crippen LogP contribution in [0.15, 0.2) is 128 Å². The maximum atomic E-state index is 5.59. The number of fused-ring (bicyclic) bond motifs is 6. The third-order valence-corrected chi connectivity index (χ3v) is 8.24. The third-order valence-electron chi connectivity index (χ3n) is 8.24. The smallest absolute Gasteiger partial charge is 0.148 e. The van der Waals surface area contributed by atoms with Crippen LogP contribution in [0, 0.1) is 0 Å². The molecule has 42 heavy (non-hydrogen) atoms. The zero-order valence-corrected chi connectivity index (χ0v) is 23.9. The maximum Gasteiger partial charge on any atom is 0.148 e. The fourth-order valence-corrected chi connectivity index (χ4v) is 6.57. The minimum absolute atomic E-state index is 0.143. The molecule has 4 nitrogen and oxygen atoms in total. The van der Waals surface area contributed by atoms with Crippen molar-refractivity contribution in [3.05, 3.63) is 133 Å². The molecule has 0 saturated heterocycles. The maximum absolute atomic E-state index is 5.59. The number of nitrogens with zero attached hydrogens (tertiary/aromatic N) is 4. The Bertz CT molecular complexity index is 2270. The SMILES string of the molecule is CC(C)(C)c1c2c3ccccc3n(-c3ccccc3)c2nc2c1c1ccccc1n2-c1cccc(-c2ccccn2)c1. The summed E-state index contributed by atoms with van der Waals surface area (Å²) in [5, 5.41) is 4.88. The van der Waals surface area contributed by atoms with E-state index >= 15 is 0 Å². The van der Waals surface area contributed by atoms with Crippen molar-refractivity contribution < 1.29 is 0 Å². The summed E-state index contributed by atoms with van der Waals surface area (Å²) in [6.45, 7) is 6.97. The fourth-order valence-electron chi connectivity index (χ4n) is 6.57. The molecule has 4 aromatic carbocycles. The Balaban J connectivity index is 1.58. The highest BCUT2D eigenvalue weighted by atomic mass is 15.1. The highest BCUT2D eigenvalue weighted by Crippen LogP contribution is 2.45. The van der Waals surface area contributed by atoms with E-state index in [0.717, 1.165) is 45.0 Å². The Labute approximate surface area is 244 Å². The van der Waals surface area contributed by atoms with Gasteiger partial charge in [-0.1, -0.05) is 93.6 Å². The Morgan fingerprint density at radius 3 is 1.74 bits per heavy atom. The summed E-state index contributed by atoms with van der Waals surface area (Å²) >= 11 is 0. The van der Waals surface area contributed by atoms with Crippen molar-refractivity contribution in [3.63, 3.8) is 0 Å². The van der Waals surface area contributed by atoms with Gasteiger partial charge in [-0.2, -0.15) is 0 Å². The van der Waals surface area contributed by atoms with Crippen molar-refractivity contribution in [3.8, 4) is 22.6 Å². The van der Waals surface area contributed by atoms with Gasteiger partial charge in [0.15, 0.2) is 0 Å². The van der Waals surface area contributed by atoms with Crippen LogP contribution in [0.25, 0.3) is 66.5 Å². The molecule has 8 aromatic rings.